The molecule has 0 atom stereocenters. The number of para-hydroxylation sites is 1. The van der Waals surface area contributed by atoms with E-state index in [9.17, 15) is 0 Å². The van der Waals surface area contributed by atoms with Crippen molar-refractivity contribution in [3.8, 4) is 5.69 Å². The SMILES string of the molecule is c1ccc2c(c1)[se]c1c3ncccc3c3c4ccccc4n(-c4ccncc4)c3c21. The van der Waals surface area contributed by atoms with Crippen LogP contribution < -0.4 is 0 Å². The van der Waals surface area contributed by atoms with Crippen molar-refractivity contribution in [2.24, 2.45) is 0 Å². The minimum atomic E-state index is 0.242. The number of nitrogens with zero attached hydrogens (tertiary/aromatic N) is 3. The number of hydrogen-bond donors (Lipinski definition) is 0. The summed E-state index contributed by atoms with van der Waals surface area (Å²) in [6.45, 7) is 0. The van der Waals surface area contributed by atoms with E-state index < -0.39 is 0 Å². The monoisotopic (exact) mass is 449 g/mol. The first-order valence-corrected chi connectivity index (χ1v) is 11.6. The fourth-order valence-electron chi connectivity index (χ4n) is 4.75. The van der Waals surface area contributed by atoms with Crippen LogP contribution in [0.5, 0.6) is 0 Å². The molecule has 0 aliphatic carbocycles. The number of fused-ring (bicyclic) bond motifs is 10. The van der Waals surface area contributed by atoms with Crippen LogP contribution in [0.2, 0.25) is 0 Å². The Bertz CT molecular complexity index is 1740. The standard InChI is InChI=1S/C26H15N3Se/c1-3-9-20-17(6-1)22-19-8-5-13-28-24(19)26-23(18-7-2-4-10-21(18)30-26)25(22)29(20)16-11-14-27-15-12-16/h1-15H. The number of rotatable bonds is 1. The second-order valence-corrected chi connectivity index (χ2v) is 9.69. The van der Waals surface area contributed by atoms with E-state index in [1.54, 1.807) is 0 Å². The van der Waals surface area contributed by atoms with Gasteiger partial charge in [-0.2, -0.15) is 0 Å². The summed E-state index contributed by atoms with van der Waals surface area (Å²) in [5.41, 5.74) is 4.78. The van der Waals surface area contributed by atoms with Gasteiger partial charge < -0.3 is 0 Å². The third-order valence-corrected chi connectivity index (χ3v) is 8.39. The van der Waals surface area contributed by atoms with Gasteiger partial charge in [0, 0.05) is 0 Å². The van der Waals surface area contributed by atoms with Gasteiger partial charge >= 0.3 is 178 Å². The molecular weight excluding hydrogens is 433 g/mol. The molecule has 4 heterocycles. The maximum absolute atomic E-state index is 4.87. The molecular formula is C26H15N3Se. The van der Waals surface area contributed by atoms with Gasteiger partial charge in [-0.15, -0.1) is 0 Å². The van der Waals surface area contributed by atoms with E-state index in [0.717, 1.165) is 11.2 Å². The summed E-state index contributed by atoms with van der Waals surface area (Å²) >= 11 is 0.242. The maximum atomic E-state index is 4.87. The Morgan fingerprint density at radius 3 is 2.33 bits per heavy atom. The molecule has 0 radical (unpaired) electrons. The van der Waals surface area contributed by atoms with Gasteiger partial charge in [0.1, 0.15) is 0 Å². The molecule has 0 saturated heterocycles. The van der Waals surface area contributed by atoms with Crippen molar-refractivity contribution in [3.63, 3.8) is 0 Å². The summed E-state index contributed by atoms with van der Waals surface area (Å²) in [5, 5.41) is 6.49. The first-order chi connectivity index (χ1) is 14.9. The van der Waals surface area contributed by atoms with Crippen LogP contribution in [0.15, 0.2) is 91.4 Å². The zero-order valence-corrected chi connectivity index (χ0v) is 17.6. The van der Waals surface area contributed by atoms with Crippen LogP contribution in [-0.2, 0) is 0 Å². The topological polar surface area (TPSA) is 30.7 Å². The fourth-order valence-corrected chi connectivity index (χ4v) is 7.29. The molecule has 30 heavy (non-hydrogen) atoms. The Morgan fingerprint density at radius 1 is 0.667 bits per heavy atom. The van der Waals surface area contributed by atoms with E-state index in [2.05, 4.69) is 82.3 Å². The van der Waals surface area contributed by atoms with Crippen molar-refractivity contribution < 1.29 is 0 Å². The normalized spacial score (nSPS) is 12.0. The molecule has 140 valence electrons. The predicted molar refractivity (Wildman–Crippen MR) is 126 cm³/mol. The van der Waals surface area contributed by atoms with Gasteiger partial charge in [0.05, 0.1) is 0 Å². The van der Waals surface area contributed by atoms with Gasteiger partial charge in [-0.25, -0.2) is 0 Å². The third-order valence-electron chi connectivity index (χ3n) is 5.92. The van der Waals surface area contributed by atoms with Gasteiger partial charge in [-0.3, -0.25) is 0 Å². The van der Waals surface area contributed by atoms with Crippen molar-refractivity contribution in [2.45, 2.75) is 0 Å². The number of aromatic nitrogens is 3. The van der Waals surface area contributed by atoms with Crippen LogP contribution in [0.3, 0.4) is 0 Å². The fraction of sp³-hybridized carbons (Fsp3) is 0. The summed E-state index contributed by atoms with van der Waals surface area (Å²) in [6.07, 6.45) is 5.67. The molecule has 3 aromatic carbocycles. The zero-order chi connectivity index (χ0) is 19.7. The molecule has 3 nitrogen and oxygen atoms in total. The molecule has 0 fully saturated rings. The van der Waals surface area contributed by atoms with Crippen LogP contribution in [0, 0.1) is 0 Å². The van der Waals surface area contributed by atoms with Crippen LogP contribution in [-0.4, -0.2) is 29.0 Å². The number of pyridine rings is 2. The van der Waals surface area contributed by atoms with Crippen molar-refractivity contribution in [1.29, 1.82) is 0 Å². The summed E-state index contributed by atoms with van der Waals surface area (Å²) in [4.78, 5) is 9.12. The van der Waals surface area contributed by atoms with E-state index >= 15 is 0 Å². The van der Waals surface area contributed by atoms with Crippen LogP contribution in [0.1, 0.15) is 0 Å². The number of hydrogen-bond acceptors (Lipinski definition) is 2. The molecule has 0 saturated carbocycles. The average molecular weight is 448 g/mol. The molecule has 0 aliphatic heterocycles. The van der Waals surface area contributed by atoms with Crippen molar-refractivity contribution in [3.05, 3.63) is 91.4 Å². The van der Waals surface area contributed by atoms with Crippen molar-refractivity contribution in [2.75, 3.05) is 0 Å². The van der Waals surface area contributed by atoms with Gasteiger partial charge in [-0.05, 0) is 0 Å². The molecule has 0 unspecified atom stereocenters. The van der Waals surface area contributed by atoms with E-state index in [4.69, 9.17) is 4.98 Å². The summed E-state index contributed by atoms with van der Waals surface area (Å²) < 4.78 is 5.24. The first kappa shape index (κ1) is 16.3. The Morgan fingerprint density at radius 2 is 1.43 bits per heavy atom. The molecule has 0 aliphatic rings. The Balaban J connectivity index is 1.91. The van der Waals surface area contributed by atoms with E-state index in [1.807, 2.05) is 18.6 Å². The third kappa shape index (κ3) is 2.05. The van der Waals surface area contributed by atoms with E-state index in [0.29, 0.717) is 0 Å². The molecule has 0 amide bonds. The van der Waals surface area contributed by atoms with Gasteiger partial charge in [0.2, 0.25) is 0 Å². The van der Waals surface area contributed by atoms with Gasteiger partial charge in [-0.1, -0.05) is 0 Å². The van der Waals surface area contributed by atoms with Gasteiger partial charge in [0.15, 0.2) is 0 Å². The van der Waals surface area contributed by atoms with Crippen molar-refractivity contribution in [1.82, 2.24) is 14.5 Å². The second kappa shape index (κ2) is 6.02. The second-order valence-electron chi connectivity index (χ2n) is 7.48. The first-order valence-electron chi connectivity index (χ1n) is 9.93. The Labute approximate surface area is 178 Å². The molecule has 0 bridgehead atoms. The number of benzene rings is 3. The summed E-state index contributed by atoms with van der Waals surface area (Å²) in [5.74, 6) is 0. The minimum absolute atomic E-state index is 0.242. The van der Waals surface area contributed by atoms with E-state index in [-0.39, 0.29) is 14.5 Å². The van der Waals surface area contributed by atoms with Crippen LogP contribution in [0.25, 0.3) is 57.7 Å². The Kier molecular flexibility index (Phi) is 3.28. The quantitative estimate of drug-likeness (QED) is 0.285. The molecule has 7 aromatic rings. The van der Waals surface area contributed by atoms with Crippen LogP contribution >= 0.6 is 0 Å². The average Bonchev–Trinajstić information content (AvgIpc) is 3.36. The molecule has 4 aromatic heterocycles. The molecule has 7 rings (SSSR count). The molecule has 4 heteroatoms. The molecule has 0 N–H and O–H groups in total. The van der Waals surface area contributed by atoms with E-state index in [1.165, 1.54) is 46.5 Å². The predicted octanol–water partition coefficient (Wildman–Crippen LogP) is 6.09. The molecule has 0 spiro atoms. The Hall–Kier alpha value is -3.46. The zero-order valence-electron chi connectivity index (χ0n) is 15.9. The van der Waals surface area contributed by atoms with Crippen molar-refractivity contribution >= 4 is 66.5 Å². The summed E-state index contributed by atoms with van der Waals surface area (Å²) in [7, 11) is 0. The van der Waals surface area contributed by atoms with Gasteiger partial charge in [0.25, 0.3) is 0 Å². The summed E-state index contributed by atoms with van der Waals surface area (Å²) in [6, 6.07) is 26.0. The van der Waals surface area contributed by atoms with Crippen LogP contribution in [0.4, 0.5) is 0 Å².